The van der Waals surface area contributed by atoms with Crippen LogP contribution in [0.5, 0.6) is 5.75 Å². The maximum Gasteiger partial charge on any atom is 0.233 e. The summed E-state index contributed by atoms with van der Waals surface area (Å²) in [5, 5.41) is 8.13. The van der Waals surface area contributed by atoms with Gasteiger partial charge >= 0.3 is 0 Å². The van der Waals surface area contributed by atoms with Crippen molar-refractivity contribution in [2.75, 3.05) is 31.2 Å². The summed E-state index contributed by atoms with van der Waals surface area (Å²) in [5.41, 5.74) is 6.70. The molecule has 2 N–H and O–H groups in total. The molecule has 3 rings (SSSR count). The maximum absolute atomic E-state index is 12.4. The van der Waals surface area contributed by atoms with E-state index >= 15 is 0 Å². The van der Waals surface area contributed by atoms with Gasteiger partial charge in [0.2, 0.25) is 11.0 Å². The molecular formula is C17H22N4O2S2. The fourth-order valence-electron chi connectivity index (χ4n) is 2.85. The fraction of sp³-hybridized carbons (Fsp3) is 0.471. The molecule has 1 aromatic heterocycles. The summed E-state index contributed by atoms with van der Waals surface area (Å²) in [6.45, 7) is 4.26. The lowest BCUT2D eigenvalue weighted by molar-refractivity contribution is -0.130. The number of benzene rings is 1. The molecule has 6 nitrogen and oxygen atoms in total. The zero-order valence-corrected chi connectivity index (χ0v) is 15.8. The number of carbonyl (C=O) groups is 1. The number of aromatic nitrogens is 2. The zero-order chi connectivity index (χ0) is 17.6. The first-order valence-electron chi connectivity index (χ1n) is 8.30. The molecule has 0 radical (unpaired) electrons. The Balaban J connectivity index is 1.47. The van der Waals surface area contributed by atoms with Gasteiger partial charge in [0.25, 0.3) is 0 Å². The number of piperidine rings is 1. The normalized spacial score (nSPS) is 17.5. The molecule has 2 aromatic rings. The van der Waals surface area contributed by atoms with Gasteiger partial charge in [-0.15, -0.1) is 10.2 Å². The highest BCUT2D eigenvalue weighted by molar-refractivity contribution is 8.01. The Bertz CT molecular complexity index is 722. The average Bonchev–Trinajstić information content (AvgIpc) is 3.04. The van der Waals surface area contributed by atoms with Crippen molar-refractivity contribution in [2.24, 2.45) is 5.92 Å². The number of anilines is 1. The smallest absolute Gasteiger partial charge is 0.233 e. The molecule has 1 amide bonds. The SMILES string of the molecule is Cc1ccccc1OC[C@@H]1CCCN(C(=O)CSc2nnc(N)s2)C1. The van der Waals surface area contributed by atoms with E-state index in [-0.39, 0.29) is 5.91 Å². The third kappa shape index (κ3) is 5.09. The van der Waals surface area contributed by atoms with Crippen LogP contribution in [-0.2, 0) is 4.79 Å². The predicted molar refractivity (Wildman–Crippen MR) is 101 cm³/mol. The standard InChI is InChI=1S/C17H22N4O2S2/c1-12-5-2-3-7-14(12)23-10-13-6-4-8-21(9-13)15(22)11-24-17-20-19-16(18)25-17/h2-3,5,7,13H,4,6,8-11H2,1H3,(H2,18,19)/t13-/m1/s1. The number of nitrogens with two attached hydrogens (primary N) is 1. The Morgan fingerprint density at radius 2 is 2.28 bits per heavy atom. The zero-order valence-electron chi connectivity index (χ0n) is 14.2. The molecule has 0 spiro atoms. The van der Waals surface area contributed by atoms with Crippen LogP contribution in [-0.4, -0.2) is 46.5 Å². The van der Waals surface area contributed by atoms with E-state index in [2.05, 4.69) is 10.2 Å². The molecular weight excluding hydrogens is 356 g/mol. The highest BCUT2D eigenvalue weighted by atomic mass is 32.2. The van der Waals surface area contributed by atoms with Crippen LogP contribution in [0.25, 0.3) is 0 Å². The summed E-state index contributed by atoms with van der Waals surface area (Å²) in [6, 6.07) is 8.03. The Kier molecular flexibility index (Phi) is 6.14. The Morgan fingerprint density at radius 1 is 1.44 bits per heavy atom. The molecule has 0 aliphatic carbocycles. The van der Waals surface area contributed by atoms with Crippen LogP contribution in [0.3, 0.4) is 0 Å². The molecule has 134 valence electrons. The van der Waals surface area contributed by atoms with Gasteiger partial charge in [-0.05, 0) is 31.4 Å². The Hall–Kier alpha value is -1.80. The van der Waals surface area contributed by atoms with Gasteiger partial charge < -0.3 is 15.4 Å². The maximum atomic E-state index is 12.4. The molecule has 1 aromatic carbocycles. The number of aryl methyl sites for hydroxylation is 1. The van der Waals surface area contributed by atoms with Crippen molar-refractivity contribution in [3.63, 3.8) is 0 Å². The molecule has 1 aliphatic rings. The fourth-order valence-corrected chi connectivity index (χ4v) is 4.39. The monoisotopic (exact) mass is 378 g/mol. The van der Waals surface area contributed by atoms with E-state index in [9.17, 15) is 4.79 Å². The van der Waals surface area contributed by atoms with Crippen LogP contribution >= 0.6 is 23.1 Å². The molecule has 0 bridgehead atoms. The minimum atomic E-state index is 0.138. The molecule has 0 unspecified atom stereocenters. The highest BCUT2D eigenvalue weighted by Crippen LogP contribution is 2.25. The largest absolute Gasteiger partial charge is 0.493 e. The second-order valence-electron chi connectivity index (χ2n) is 6.12. The van der Waals surface area contributed by atoms with Crippen molar-refractivity contribution in [1.29, 1.82) is 0 Å². The third-order valence-corrected chi connectivity index (χ3v) is 6.05. The van der Waals surface area contributed by atoms with E-state index in [1.165, 1.54) is 23.1 Å². The van der Waals surface area contributed by atoms with E-state index in [1.807, 2.05) is 36.1 Å². The third-order valence-electron chi connectivity index (χ3n) is 4.18. The van der Waals surface area contributed by atoms with E-state index in [1.54, 1.807) is 0 Å². The first kappa shape index (κ1) is 18.0. The first-order chi connectivity index (χ1) is 12.1. The van der Waals surface area contributed by atoms with E-state index in [4.69, 9.17) is 10.5 Å². The van der Waals surface area contributed by atoms with E-state index in [0.29, 0.717) is 23.4 Å². The van der Waals surface area contributed by atoms with Crippen molar-refractivity contribution >= 4 is 34.1 Å². The number of nitrogens with zero attached hydrogens (tertiary/aromatic N) is 3. The number of rotatable bonds is 6. The van der Waals surface area contributed by atoms with Gasteiger partial charge in [-0.2, -0.15) is 0 Å². The molecule has 0 saturated carbocycles. The highest BCUT2D eigenvalue weighted by Gasteiger charge is 2.24. The van der Waals surface area contributed by atoms with Crippen LogP contribution in [0.2, 0.25) is 0 Å². The lowest BCUT2D eigenvalue weighted by Gasteiger charge is -2.32. The van der Waals surface area contributed by atoms with Crippen LogP contribution in [0.4, 0.5) is 5.13 Å². The molecule has 1 fully saturated rings. The quantitative estimate of drug-likeness (QED) is 0.779. The topological polar surface area (TPSA) is 81.3 Å². The summed E-state index contributed by atoms with van der Waals surface area (Å²) in [4.78, 5) is 14.4. The van der Waals surface area contributed by atoms with Crippen LogP contribution in [0.15, 0.2) is 28.6 Å². The van der Waals surface area contributed by atoms with Crippen molar-refractivity contribution in [2.45, 2.75) is 24.1 Å². The van der Waals surface area contributed by atoms with E-state index < -0.39 is 0 Å². The minimum absolute atomic E-state index is 0.138. The summed E-state index contributed by atoms with van der Waals surface area (Å²) in [7, 11) is 0. The molecule has 2 heterocycles. The van der Waals surface area contributed by atoms with Gasteiger partial charge in [0, 0.05) is 19.0 Å². The number of carbonyl (C=O) groups excluding carboxylic acids is 1. The molecule has 1 saturated heterocycles. The van der Waals surface area contributed by atoms with Crippen LogP contribution < -0.4 is 10.5 Å². The predicted octanol–water partition coefficient (Wildman–Crippen LogP) is 2.84. The lowest BCUT2D eigenvalue weighted by atomic mass is 9.99. The summed E-state index contributed by atoms with van der Waals surface area (Å²) < 4.78 is 6.70. The molecule has 1 aliphatic heterocycles. The van der Waals surface area contributed by atoms with Gasteiger partial charge in [0.1, 0.15) is 5.75 Å². The van der Waals surface area contributed by atoms with Gasteiger partial charge in [-0.1, -0.05) is 41.3 Å². The minimum Gasteiger partial charge on any atom is -0.493 e. The van der Waals surface area contributed by atoms with Crippen LogP contribution in [0.1, 0.15) is 18.4 Å². The number of para-hydroxylation sites is 1. The Morgan fingerprint density at radius 3 is 3.04 bits per heavy atom. The number of hydrogen-bond acceptors (Lipinski definition) is 7. The number of hydrogen-bond donors (Lipinski definition) is 1. The molecule has 8 heteroatoms. The van der Waals surface area contributed by atoms with Crippen LogP contribution in [0, 0.1) is 12.8 Å². The van der Waals surface area contributed by atoms with Gasteiger partial charge in [-0.3, -0.25) is 4.79 Å². The molecule has 1 atom stereocenters. The van der Waals surface area contributed by atoms with Crippen molar-refractivity contribution in [3.05, 3.63) is 29.8 Å². The number of likely N-dealkylation sites (tertiary alicyclic amines) is 1. The van der Waals surface area contributed by atoms with Gasteiger partial charge in [0.15, 0.2) is 4.34 Å². The van der Waals surface area contributed by atoms with Gasteiger partial charge in [-0.25, -0.2) is 0 Å². The van der Waals surface area contributed by atoms with Gasteiger partial charge in [0.05, 0.1) is 12.4 Å². The summed E-state index contributed by atoms with van der Waals surface area (Å²) in [6.07, 6.45) is 2.11. The van der Waals surface area contributed by atoms with Crippen molar-refractivity contribution in [3.8, 4) is 5.75 Å². The molecule has 25 heavy (non-hydrogen) atoms. The number of ether oxygens (including phenoxy) is 1. The van der Waals surface area contributed by atoms with Crippen molar-refractivity contribution in [1.82, 2.24) is 15.1 Å². The second kappa shape index (κ2) is 8.53. The average molecular weight is 379 g/mol. The second-order valence-corrected chi connectivity index (χ2v) is 8.35. The van der Waals surface area contributed by atoms with Crippen molar-refractivity contribution < 1.29 is 9.53 Å². The summed E-state index contributed by atoms with van der Waals surface area (Å²) >= 11 is 2.71. The Labute approximate surface area is 155 Å². The number of nitrogen functional groups attached to an aromatic ring is 1. The number of amides is 1. The lowest BCUT2D eigenvalue weighted by Crippen LogP contribution is -2.42. The summed E-state index contributed by atoms with van der Waals surface area (Å²) in [5.74, 6) is 1.81. The number of thioether (sulfide) groups is 1. The first-order valence-corrected chi connectivity index (χ1v) is 10.1. The van der Waals surface area contributed by atoms with E-state index in [0.717, 1.165) is 41.6 Å².